The zero-order chi connectivity index (χ0) is 20.9. The Balaban J connectivity index is 1.56. The number of nitrogens with zero attached hydrogens (tertiary/aromatic N) is 3. The van der Waals surface area contributed by atoms with Crippen LogP contribution in [0.1, 0.15) is 62.4 Å². The molecule has 1 aromatic rings. The van der Waals surface area contributed by atoms with Gasteiger partial charge in [0.05, 0.1) is 5.75 Å². The topological polar surface area (TPSA) is 121 Å². The Bertz CT molecular complexity index is 831. The van der Waals surface area contributed by atoms with Gasteiger partial charge >= 0.3 is 0 Å². The molecule has 2 N–H and O–H groups in total. The van der Waals surface area contributed by atoms with Crippen LogP contribution >= 0.6 is 0 Å². The molecule has 0 bridgehead atoms. The monoisotopic (exact) mass is 423 g/mol. The summed E-state index contributed by atoms with van der Waals surface area (Å²) in [6.45, 7) is 2.39. The summed E-state index contributed by atoms with van der Waals surface area (Å²) in [7, 11) is -3.20. The average molecular weight is 424 g/mol. The van der Waals surface area contributed by atoms with Crippen molar-refractivity contribution >= 4 is 27.7 Å². The minimum atomic E-state index is -3.20. The van der Waals surface area contributed by atoms with Crippen LogP contribution in [0.5, 0.6) is 0 Å². The zero-order valence-corrected chi connectivity index (χ0v) is 17.6. The Morgan fingerprint density at radius 3 is 2.41 bits per heavy atom. The number of carbonyl (C=O) groups excluding carboxylic acids is 2. The lowest BCUT2D eigenvalue weighted by atomic mass is 10.0. The van der Waals surface area contributed by atoms with Crippen LogP contribution in [-0.2, 0) is 14.8 Å². The van der Waals surface area contributed by atoms with Gasteiger partial charge in [-0.1, -0.05) is 12.8 Å². The maximum atomic E-state index is 12.7. The molecule has 10 heteroatoms. The van der Waals surface area contributed by atoms with Crippen LogP contribution in [-0.4, -0.2) is 59.4 Å². The van der Waals surface area contributed by atoms with Gasteiger partial charge in [0.2, 0.25) is 15.9 Å². The van der Waals surface area contributed by atoms with E-state index in [-0.39, 0.29) is 29.2 Å². The molecule has 9 nitrogen and oxygen atoms in total. The molecule has 1 aromatic heterocycles. The van der Waals surface area contributed by atoms with Gasteiger partial charge in [0, 0.05) is 37.9 Å². The van der Waals surface area contributed by atoms with Crippen molar-refractivity contribution in [3.8, 4) is 0 Å². The van der Waals surface area contributed by atoms with Gasteiger partial charge < -0.3 is 10.6 Å². The number of nitrogens with one attached hydrogen (secondary N) is 2. The van der Waals surface area contributed by atoms with Crippen LogP contribution in [0.25, 0.3) is 0 Å². The summed E-state index contributed by atoms with van der Waals surface area (Å²) in [4.78, 5) is 33.2. The van der Waals surface area contributed by atoms with E-state index in [0.717, 1.165) is 25.7 Å². The molecule has 1 saturated heterocycles. The van der Waals surface area contributed by atoms with E-state index >= 15 is 0 Å². The molecular weight excluding hydrogens is 394 g/mol. The third-order valence-corrected chi connectivity index (χ3v) is 7.55. The Morgan fingerprint density at radius 1 is 1.10 bits per heavy atom. The predicted molar refractivity (Wildman–Crippen MR) is 109 cm³/mol. The number of rotatable bonds is 7. The molecule has 0 radical (unpaired) electrons. The van der Waals surface area contributed by atoms with Gasteiger partial charge in [-0.25, -0.2) is 22.7 Å². The summed E-state index contributed by atoms with van der Waals surface area (Å²) in [5.74, 6) is 0.0798. The van der Waals surface area contributed by atoms with Crippen molar-refractivity contribution < 1.29 is 18.0 Å². The van der Waals surface area contributed by atoms with Crippen molar-refractivity contribution in [2.45, 2.75) is 57.9 Å². The van der Waals surface area contributed by atoms with Crippen LogP contribution < -0.4 is 10.6 Å². The van der Waals surface area contributed by atoms with E-state index in [2.05, 4.69) is 20.6 Å². The second-order valence-corrected chi connectivity index (χ2v) is 9.96. The Labute approximate surface area is 171 Å². The minimum absolute atomic E-state index is 0.0769. The van der Waals surface area contributed by atoms with E-state index in [9.17, 15) is 18.0 Å². The van der Waals surface area contributed by atoms with Gasteiger partial charge in [-0.15, -0.1) is 0 Å². The molecule has 2 fully saturated rings. The van der Waals surface area contributed by atoms with E-state index in [4.69, 9.17) is 0 Å². The minimum Gasteiger partial charge on any atom is -0.348 e. The van der Waals surface area contributed by atoms with Crippen LogP contribution in [0, 0.1) is 5.92 Å². The quantitative estimate of drug-likeness (QED) is 0.686. The van der Waals surface area contributed by atoms with Gasteiger partial charge in [-0.05, 0) is 38.5 Å². The number of hydrogen-bond donors (Lipinski definition) is 2. The average Bonchev–Trinajstić information content (AvgIpc) is 3.21. The first-order chi connectivity index (χ1) is 13.9. The first kappa shape index (κ1) is 21.6. The molecule has 160 valence electrons. The summed E-state index contributed by atoms with van der Waals surface area (Å²) in [6, 6.07) is -0.144. The smallest absolute Gasteiger partial charge is 0.273 e. The molecule has 1 saturated carbocycles. The van der Waals surface area contributed by atoms with E-state index < -0.39 is 15.9 Å². The van der Waals surface area contributed by atoms with Crippen molar-refractivity contribution in [2.24, 2.45) is 5.92 Å². The Kier molecular flexibility index (Phi) is 7.18. The fourth-order valence-electron chi connectivity index (χ4n) is 3.97. The normalized spacial score (nSPS) is 19.2. The van der Waals surface area contributed by atoms with Gasteiger partial charge in [-0.3, -0.25) is 9.59 Å². The fourth-order valence-corrected chi connectivity index (χ4v) is 5.10. The fraction of sp³-hybridized carbons (Fsp3) is 0.684. The molecule has 2 heterocycles. The van der Waals surface area contributed by atoms with E-state index in [1.54, 1.807) is 6.92 Å². The van der Waals surface area contributed by atoms with Gasteiger partial charge in [0.1, 0.15) is 0 Å². The first-order valence-electron chi connectivity index (χ1n) is 10.3. The highest BCUT2D eigenvalue weighted by Crippen LogP contribution is 2.27. The molecule has 2 aliphatic rings. The standard InChI is InChI=1S/C19H29N5O4S/c1-2-29(27,28)24-11-7-15(8-12-24)22-19(26)17-18(21-10-9-20-17)23-16(25)13-14-5-3-4-6-14/h9-10,14-15H,2-8,11-13H2,1H3,(H,22,26)(H,21,23,25). The molecule has 0 unspecified atom stereocenters. The summed E-state index contributed by atoms with van der Waals surface area (Å²) >= 11 is 0. The van der Waals surface area contributed by atoms with E-state index in [1.165, 1.54) is 16.7 Å². The lowest BCUT2D eigenvalue weighted by Crippen LogP contribution is -2.47. The first-order valence-corrected chi connectivity index (χ1v) is 11.9. The highest BCUT2D eigenvalue weighted by Gasteiger charge is 2.28. The number of sulfonamides is 1. The second-order valence-electron chi connectivity index (χ2n) is 7.70. The van der Waals surface area contributed by atoms with Crippen molar-refractivity contribution in [3.05, 3.63) is 18.1 Å². The molecule has 29 heavy (non-hydrogen) atoms. The Hall–Kier alpha value is -2.07. The SMILES string of the molecule is CCS(=O)(=O)N1CCC(NC(=O)c2nccnc2NC(=O)CC2CCCC2)CC1. The van der Waals surface area contributed by atoms with Gasteiger partial charge in [-0.2, -0.15) is 0 Å². The predicted octanol–water partition coefficient (Wildman–Crippen LogP) is 1.54. The molecule has 0 spiro atoms. The van der Waals surface area contributed by atoms with E-state index in [0.29, 0.717) is 38.3 Å². The highest BCUT2D eigenvalue weighted by atomic mass is 32.2. The zero-order valence-electron chi connectivity index (χ0n) is 16.8. The highest BCUT2D eigenvalue weighted by molar-refractivity contribution is 7.89. The molecule has 1 aliphatic carbocycles. The van der Waals surface area contributed by atoms with E-state index in [1.807, 2.05) is 0 Å². The summed E-state index contributed by atoms with van der Waals surface area (Å²) in [5.41, 5.74) is 0.0795. The number of carbonyl (C=O) groups is 2. The van der Waals surface area contributed by atoms with Crippen molar-refractivity contribution in [3.63, 3.8) is 0 Å². The summed E-state index contributed by atoms with van der Waals surface area (Å²) in [6.07, 6.45) is 8.81. The largest absolute Gasteiger partial charge is 0.348 e. The molecule has 3 rings (SSSR count). The number of piperidine rings is 1. The van der Waals surface area contributed by atoms with Gasteiger partial charge in [0.15, 0.2) is 11.5 Å². The lowest BCUT2D eigenvalue weighted by molar-refractivity contribution is -0.117. The lowest BCUT2D eigenvalue weighted by Gasteiger charge is -2.31. The number of anilines is 1. The molecular formula is C19H29N5O4S. The molecule has 2 amide bonds. The summed E-state index contributed by atoms with van der Waals surface area (Å²) < 4.78 is 25.4. The third kappa shape index (κ3) is 5.72. The number of aromatic nitrogens is 2. The Morgan fingerprint density at radius 2 is 1.76 bits per heavy atom. The summed E-state index contributed by atoms with van der Waals surface area (Å²) in [5, 5.41) is 5.63. The van der Waals surface area contributed by atoms with Crippen molar-refractivity contribution in [1.82, 2.24) is 19.6 Å². The van der Waals surface area contributed by atoms with Gasteiger partial charge in [0.25, 0.3) is 5.91 Å². The molecule has 0 atom stereocenters. The third-order valence-electron chi connectivity index (χ3n) is 5.67. The second kappa shape index (κ2) is 9.62. The van der Waals surface area contributed by atoms with Crippen LogP contribution in [0.3, 0.4) is 0 Å². The number of hydrogen-bond acceptors (Lipinski definition) is 6. The van der Waals surface area contributed by atoms with Crippen LogP contribution in [0.4, 0.5) is 5.82 Å². The maximum Gasteiger partial charge on any atom is 0.273 e. The van der Waals surface area contributed by atoms with Crippen molar-refractivity contribution in [2.75, 3.05) is 24.2 Å². The molecule has 1 aliphatic heterocycles. The number of amides is 2. The molecule has 0 aromatic carbocycles. The van der Waals surface area contributed by atoms with Crippen LogP contribution in [0.15, 0.2) is 12.4 Å². The van der Waals surface area contributed by atoms with Crippen LogP contribution in [0.2, 0.25) is 0 Å². The maximum absolute atomic E-state index is 12.7. The van der Waals surface area contributed by atoms with Crippen molar-refractivity contribution in [1.29, 1.82) is 0 Å².